The van der Waals surface area contributed by atoms with Crippen LogP contribution in [0, 0.1) is 5.92 Å². The fraction of sp³-hybridized carbons (Fsp3) is 0.500. The summed E-state index contributed by atoms with van der Waals surface area (Å²) in [5.41, 5.74) is 6.49. The molecule has 0 amide bonds. The van der Waals surface area contributed by atoms with E-state index in [1.165, 1.54) is 19.3 Å². The highest BCUT2D eigenvalue weighted by molar-refractivity contribution is 5.56. The minimum absolute atomic E-state index is 0.446. The Kier molecular flexibility index (Phi) is 3.19. The highest BCUT2D eigenvalue weighted by Crippen LogP contribution is 2.38. The van der Waals surface area contributed by atoms with Gasteiger partial charge in [0.25, 0.3) is 5.89 Å². The average Bonchev–Trinajstić information content (AvgIpc) is 3.07. The summed E-state index contributed by atoms with van der Waals surface area (Å²) in [5.74, 6) is 3.08. The molecular weight excluding hydrogens is 240 g/mol. The van der Waals surface area contributed by atoms with Gasteiger partial charge in [0.2, 0.25) is 0 Å². The van der Waals surface area contributed by atoms with Crippen molar-refractivity contribution >= 4 is 5.82 Å². The van der Waals surface area contributed by atoms with Crippen molar-refractivity contribution in [3.8, 4) is 11.5 Å². The smallest absolute Gasteiger partial charge is 0.258 e. The van der Waals surface area contributed by atoms with Crippen LogP contribution in [-0.2, 0) is 0 Å². The molecule has 3 rings (SSSR count). The first-order chi connectivity index (χ1) is 9.26. The van der Waals surface area contributed by atoms with Crippen molar-refractivity contribution < 1.29 is 4.52 Å². The highest BCUT2D eigenvalue weighted by atomic mass is 16.5. The second kappa shape index (κ2) is 4.99. The van der Waals surface area contributed by atoms with Gasteiger partial charge >= 0.3 is 0 Å². The van der Waals surface area contributed by atoms with Crippen molar-refractivity contribution in [3.05, 3.63) is 24.2 Å². The largest absolute Gasteiger partial charge is 0.384 e. The van der Waals surface area contributed by atoms with Crippen LogP contribution in [-0.4, -0.2) is 15.1 Å². The molecule has 5 heteroatoms. The van der Waals surface area contributed by atoms with E-state index in [-0.39, 0.29) is 0 Å². The van der Waals surface area contributed by atoms with Crippen LogP contribution >= 0.6 is 0 Å². The van der Waals surface area contributed by atoms with Gasteiger partial charge < -0.3 is 10.3 Å². The molecule has 0 radical (unpaired) electrons. The molecule has 0 saturated heterocycles. The SMILES string of the molecule is CCC1CCC(c2noc(-c3ccnc(N)c3)n2)C1. The standard InChI is InChI=1S/C14H18N4O/c1-2-9-3-4-10(7-9)13-17-14(19-18-13)11-5-6-16-12(15)8-11/h5-6,8-10H,2-4,7H2,1H3,(H2,15,16). The Hall–Kier alpha value is -1.91. The van der Waals surface area contributed by atoms with Crippen LogP contribution in [0.5, 0.6) is 0 Å². The Labute approximate surface area is 112 Å². The molecule has 19 heavy (non-hydrogen) atoms. The summed E-state index contributed by atoms with van der Waals surface area (Å²) in [5, 5.41) is 4.13. The van der Waals surface area contributed by atoms with Gasteiger partial charge in [0.05, 0.1) is 0 Å². The maximum absolute atomic E-state index is 5.66. The number of hydrogen-bond donors (Lipinski definition) is 1. The van der Waals surface area contributed by atoms with Gasteiger partial charge in [0.15, 0.2) is 5.82 Å². The Bertz CT molecular complexity index is 566. The second-order valence-corrected chi connectivity index (χ2v) is 5.21. The Morgan fingerprint density at radius 1 is 1.42 bits per heavy atom. The van der Waals surface area contributed by atoms with E-state index in [2.05, 4.69) is 22.0 Å². The molecule has 0 spiro atoms. The third-order valence-corrected chi connectivity index (χ3v) is 3.95. The van der Waals surface area contributed by atoms with Gasteiger partial charge in [-0.15, -0.1) is 0 Å². The van der Waals surface area contributed by atoms with Gasteiger partial charge in [-0.1, -0.05) is 18.5 Å². The first kappa shape index (κ1) is 12.1. The highest BCUT2D eigenvalue weighted by Gasteiger charge is 2.28. The van der Waals surface area contributed by atoms with E-state index in [9.17, 15) is 0 Å². The number of hydrogen-bond acceptors (Lipinski definition) is 5. The molecule has 1 aliphatic carbocycles. The van der Waals surface area contributed by atoms with E-state index >= 15 is 0 Å². The van der Waals surface area contributed by atoms with Crippen molar-refractivity contribution in [1.82, 2.24) is 15.1 Å². The van der Waals surface area contributed by atoms with Crippen LogP contribution in [0.1, 0.15) is 44.3 Å². The van der Waals surface area contributed by atoms with E-state index in [1.807, 2.05) is 6.07 Å². The number of aromatic nitrogens is 3. The number of nitrogens with two attached hydrogens (primary N) is 1. The Morgan fingerprint density at radius 2 is 2.32 bits per heavy atom. The van der Waals surface area contributed by atoms with Gasteiger partial charge in [0.1, 0.15) is 5.82 Å². The Balaban J connectivity index is 1.80. The summed E-state index contributed by atoms with van der Waals surface area (Å²) < 4.78 is 5.34. The topological polar surface area (TPSA) is 77.8 Å². The van der Waals surface area contributed by atoms with Crippen molar-refractivity contribution in [1.29, 1.82) is 0 Å². The van der Waals surface area contributed by atoms with Gasteiger partial charge in [0, 0.05) is 17.7 Å². The quantitative estimate of drug-likeness (QED) is 0.915. The maximum atomic E-state index is 5.66. The van der Waals surface area contributed by atoms with Crippen LogP contribution in [0.25, 0.3) is 11.5 Å². The second-order valence-electron chi connectivity index (χ2n) is 5.21. The summed E-state index contributed by atoms with van der Waals surface area (Å²) in [6.45, 7) is 2.24. The number of rotatable bonds is 3. The fourth-order valence-corrected chi connectivity index (χ4v) is 2.78. The van der Waals surface area contributed by atoms with E-state index in [0.29, 0.717) is 17.6 Å². The number of nitrogens with zero attached hydrogens (tertiary/aromatic N) is 3. The van der Waals surface area contributed by atoms with Crippen molar-refractivity contribution in [2.24, 2.45) is 5.92 Å². The van der Waals surface area contributed by atoms with Crippen LogP contribution in [0.3, 0.4) is 0 Å². The molecule has 1 saturated carbocycles. The summed E-state index contributed by atoms with van der Waals surface area (Å²) >= 11 is 0. The van der Waals surface area contributed by atoms with Crippen LogP contribution in [0.4, 0.5) is 5.82 Å². The summed E-state index contributed by atoms with van der Waals surface area (Å²) in [4.78, 5) is 8.47. The minimum Gasteiger partial charge on any atom is -0.384 e. The third kappa shape index (κ3) is 2.45. The molecule has 0 bridgehead atoms. The van der Waals surface area contributed by atoms with Crippen LogP contribution in [0.15, 0.2) is 22.9 Å². The van der Waals surface area contributed by atoms with E-state index < -0.39 is 0 Å². The van der Waals surface area contributed by atoms with Crippen LogP contribution < -0.4 is 5.73 Å². The fourth-order valence-electron chi connectivity index (χ4n) is 2.78. The third-order valence-electron chi connectivity index (χ3n) is 3.95. The predicted octanol–water partition coefficient (Wildman–Crippen LogP) is 3.01. The zero-order valence-electron chi connectivity index (χ0n) is 11.0. The lowest BCUT2D eigenvalue weighted by Gasteiger charge is -2.04. The van der Waals surface area contributed by atoms with Gasteiger partial charge in [-0.25, -0.2) is 4.98 Å². The average molecular weight is 258 g/mol. The molecule has 2 heterocycles. The van der Waals surface area contributed by atoms with Crippen molar-refractivity contribution in [2.75, 3.05) is 5.73 Å². The van der Waals surface area contributed by atoms with Crippen LogP contribution in [0.2, 0.25) is 0 Å². The molecule has 100 valence electrons. The lowest BCUT2D eigenvalue weighted by molar-refractivity contribution is 0.413. The molecule has 0 aromatic carbocycles. The molecular formula is C14H18N4O. The normalized spacial score (nSPS) is 22.8. The minimum atomic E-state index is 0.446. The number of anilines is 1. The molecule has 5 nitrogen and oxygen atoms in total. The summed E-state index contributed by atoms with van der Waals surface area (Å²) in [6, 6.07) is 3.58. The first-order valence-electron chi connectivity index (χ1n) is 6.81. The molecule has 2 aromatic rings. The van der Waals surface area contributed by atoms with Gasteiger partial charge in [-0.05, 0) is 37.3 Å². The van der Waals surface area contributed by atoms with Crippen molar-refractivity contribution in [3.63, 3.8) is 0 Å². The monoisotopic (exact) mass is 258 g/mol. The molecule has 2 aromatic heterocycles. The lowest BCUT2D eigenvalue weighted by atomic mass is 10.0. The Morgan fingerprint density at radius 3 is 3.05 bits per heavy atom. The molecule has 1 aliphatic rings. The molecule has 2 unspecified atom stereocenters. The van der Waals surface area contributed by atoms with E-state index in [4.69, 9.17) is 10.3 Å². The summed E-state index contributed by atoms with van der Waals surface area (Å²) in [7, 11) is 0. The maximum Gasteiger partial charge on any atom is 0.258 e. The predicted molar refractivity (Wildman–Crippen MR) is 72.3 cm³/mol. The van der Waals surface area contributed by atoms with Gasteiger partial charge in [-0.2, -0.15) is 4.98 Å². The van der Waals surface area contributed by atoms with Crippen molar-refractivity contribution in [2.45, 2.75) is 38.5 Å². The van der Waals surface area contributed by atoms with E-state index in [1.54, 1.807) is 12.3 Å². The molecule has 2 atom stereocenters. The first-order valence-corrected chi connectivity index (χ1v) is 6.81. The zero-order valence-corrected chi connectivity index (χ0v) is 11.0. The van der Waals surface area contributed by atoms with Gasteiger partial charge in [-0.3, -0.25) is 0 Å². The molecule has 1 fully saturated rings. The molecule has 2 N–H and O–H groups in total. The van der Waals surface area contributed by atoms with E-state index in [0.717, 1.165) is 23.7 Å². The molecule has 0 aliphatic heterocycles. The zero-order chi connectivity index (χ0) is 13.2. The number of pyridine rings is 1. The lowest BCUT2D eigenvalue weighted by Crippen LogP contribution is -1.97. The number of nitrogen functional groups attached to an aromatic ring is 1. The summed E-state index contributed by atoms with van der Waals surface area (Å²) in [6.07, 6.45) is 6.50.